The number of rotatable bonds is 1. The minimum Gasteiger partial charge on any atom is -0.342 e. The molecule has 86 valence electrons. The van der Waals surface area contributed by atoms with Crippen LogP contribution in [0.25, 0.3) is 0 Å². The minimum absolute atomic E-state index is 0.137. The van der Waals surface area contributed by atoms with Gasteiger partial charge in [0.05, 0.1) is 5.41 Å². The predicted molar refractivity (Wildman–Crippen MR) is 60.6 cm³/mol. The van der Waals surface area contributed by atoms with Crippen LogP contribution in [0, 0.1) is 11.3 Å². The molecule has 0 saturated carbocycles. The maximum Gasteiger partial charge on any atom is 0.229 e. The number of hydrogen-bond donors (Lipinski definition) is 1. The Morgan fingerprint density at radius 2 is 2.33 bits per heavy atom. The summed E-state index contributed by atoms with van der Waals surface area (Å²) >= 11 is 0. The third kappa shape index (κ3) is 2.17. The highest BCUT2D eigenvalue weighted by Gasteiger charge is 2.39. The van der Waals surface area contributed by atoms with Crippen LogP contribution in [0.5, 0.6) is 0 Å². The van der Waals surface area contributed by atoms with Crippen LogP contribution in [-0.4, -0.2) is 37.0 Å². The third-order valence-corrected chi connectivity index (χ3v) is 3.82. The molecule has 2 fully saturated rings. The van der Waals surface area contributed by atoms with Crippen molar-refractivity contribution in [3.63, 3.8) is 0 Å². The number of carbonyl (C=O) groups excluding carboxylic acids is 1. The molecule has 2 aliphatic heterocycles. The molecule has 0 radical (unpaired) electrons. The molecule has 2 heterocycles. The van der Waals surface area contributed by atoms with Crippen molar-refractivity contribution < 1.29 is 4.79 Å². The Kier molecular flexibility index (Phi) is 3.01. The van der Waals surface area contributed by atoms with Gasteiger partial charge < -0.3 is 10.2 Å². The van der Waals surface area contributed by atoms with Crippen LogP contribution < -0.4 is 5.32 Å². The van der Waals surface area contributed by atoms with Crippen molar-refractivity contribution in [3.05, 3.63) is 0 Å². The van der Waals surface area contributed by atoms with E-state index in [1.54, 1.807) is 0 Å². The van der Waals surface area contributed by atoms with E-state index in [-0.39, 0.29) is 5.41 Å². The van der Waals surface area contributed by atoms with Crippen molar-refractivity contribution in [2.45, 2.75) is 33.1 Å². The molecule has 0 aliphatic carbocycles. The molecule has 2 rings (SSSR count). The molecule has 15 heavy (non-hydrogen) atoms. The van der Waals surface area contributed by atoms with E-state index in [0.717, 1.165) is 39.0 Å². The highest BCUT2D eigenvalue weighted by Crippen LogP contribution is 2.30. The van der Waals surface area contributed by atoms with Crippen molar-refractivity contribution in [2.75, 3.05) is 26.2 Å². The summed E-state index contributed by atoms with van der Waals surface area (Å²) < 4.78 is 0. The highest BCUT2D eigenvalue weighted by atomic mass is 16.2. The SMILES string of the molecule is CC1CCN(C(=O)C2(C)CCCNC2)C1. The van der Waals surface area contributed by atoms with E-state index in [2.05, 4.69) is 24.1 Å². The Balaban J connectivity index is 1.99. The lowest BCUT2D eigenvalue weighted by molar-refractivity contribution is -0.141. The zero-order valence-corrected chi connectivity index (χ0v) is 9.88. The number of piperidine rings is 1. The van der Waals surface area contributed by atoms with Crippen LogP contribution in [0.2, 0.25) is 0 Å². The van der Waals surface area contributed by atoms with Crippen LogP contribution in [0.3, 0.4) is 0 Å². The Hall–Kier alpha value is -0.570. The van der Waals surface area contributed by atoms with Gasteiger partial charge in [-0.1, -0.05) is 6.92 Å². The van der Waals surface area contributed by atoms with Crippen molar-refractivity contribution in [1.29, 1.82) is 0 Å². The van der Waals surface area contributed by atoms with Crippen molar-refractivity contribution in [3.8, 4) is 0 Å². The van der Waals surface area contributed by atoms with Gasteiger partial charge in [-0.25, -0.2) is 0 Å². The van der Waals surface area contributed by atoms with Gasteiger partial charge in [-0.15, -0.1) is 0 Å². The summed E-state index contributed by atoms with van der Waals surface area (Å²) in [7, 11) is 0. The number of nitrogens with one attached hydrogen (secondary N) is 1. The predicted octanol–water partition coefficient (Wildman–Crippen LogP) is 1.24. The fourth-order valence-electron chi connectivity index (χ4n) is 2.74. The lowest BCUT2D eigenvalue weighted by Gasteiger charge is -2.36. The van der Waals surface area contributed by atoms with Crippen LogP contribution in [0.15, 0.2) is 0 Å². The van der Waals surface area contributed by atoms with Crippen molar-refractivity contribution in [1.82, 2.24) is 10.2 Å². The lowest BCUT2D eigenvalue weighted by Crippen LogP contribution is -2.49. The van der Waals surface area contributed by atoms with Gasteiger partial charge in [-0.2, -0.15) is 0 Å². The summed E-state index contributed by atoms with van der Waals surface area (Å²) in [6, 6.07) is 0. The molecule has 2 atom stereocenters. The molecule has 3 heteroatoms. The molecule has 0 bridgehead atoms. The molecular formula is C12H22N2O. The Labute approximate surface area is 92.2 Å². The molecule has 0 aromatic heterocycles. The average molecular weight is 210 g/mol. The van der Waals surface area contributed by atoms with Gasteiger partial charge in [0.25, 0.3) is 0 Å². The monoisotopic (exact) mass is 210 g/mol. The van der Waals surface area contributed by atoms with Crippen molar-refractivity contribution >= 4 is 5.91 Å². The van der Waals surface area contributed by atoms with Crippen LogP contribution in [-0.2, 0) is 4.79 Å². The summed E-state index contributed by atoms with van der Waals surface area (Å²) in [5, 5.41) is 3.34. The van der Waals surface area contributed by atoms with Gasteiger partial charge in [0.15, 0.2) is 0 Å². The van der Waals surface area contributed by atoms with Gasteiger partial charge in [0.1, 0.15) is 0 Å². The molecule has 0 aromatic carbocycles. The Bertz CT molecular complexity index is 246. The largest absolute Gasteiger partial charge is 0.342 e. The molecule has 1 amide bonds. The normalized spacial score (nSPS) is 36.9. The standard InChI is InChI=1S/C12H22N2O/c1-10-4-7-14(8-10)11(15)12(2)5-3-6-13-9-12/h10,13H,3-9H2,1-2H3. The summed E-state index contributed by atoms with van der Waals surface area (Å²) in [5.41, 5.74) is -0.137. The maximum atomic E-state index is 12.4. The van der Waals surface area contributed by atoms with Gasteiger partial charge in [0.2, 0.25) is 5.91 Å². The number of nitrogens with zero attached hydrogens (tertiary/aromatic N) is 1. The van der Waals surface area contributed by atoms with E-state index in [9.17, 15) is 4.79 Å². The second-order valence-corrected chi connectivity index (χ2v) is 5.49. The summed E-state index contributed by atoms with van der Waals surface area (Å²) in [6.07, 6.45) is 3.35. The van der Waals surface area contributed by atoms with Gasteiger partial charge in [0, 0.05) is 19.6 Å². The third-order valence-electron chi connectivity index (χ3n) is 3.82. The molecule has 0 spiro atoms. The number of amides is 1. The van der Waals surface area contributed by atoms with Crippen molar-refractivity contribution in [2.24, 2.45) is 11.3 Å². The molecule has 2 aliphatic rings. The molecule has 2 saturated heterocycles. The second kappa shape index (κ2) is 4.12. The van der Waals surface area contributed by atoms with E-state index < -0.39 is 0 Å². The first-order chi connectivity index (χ1) is 7.12. The fourth-order valence-corrected chi connectivity index (χ4v) is 2.74. The van der Waals surface area contributed by atoms with E-state index >= 15 is 0 Å². The van der Waals surface area contributed by atoms with Crippen LogP contribution >= 0.6 is 0 Å². The van der Waals surface area contributed by atoms with Gasteiger partial charge >= 0.3 is 0 Å². The van der Waals surface area contributed by atoms with Gasteiger partial charge in [-0.05, 0) is 38.6 Å². The Morgan fingerprint density at radius 1 is 1.53 bits per heavy atom. The fraction of sp³-hybridized carbons (Fsp3) is 0.917. The smallest absolute Gasteiger partial charge is 0.229 e. The Morgan fingerprint density at radius 3 is 2.87 bits per heavy atom. The molecule has 0 aromatic rings. The maximum absolute atomic E-state index is 12.4. The highest BCUT2D eigenvalue weighted by molar-refractivity contribution is 5.83. The van der Waals surface area contributed by atoms with Crippen LogP contribution in [0.1, 0.15) is 33.1 Å². The topological polar surface area (TPSA) is 32.3 Å². The molecule has 3 nitrogen and oxygen atoms in total. The van der Waals surface area contributed by atoms with E-state index in [0.29, 0.717) is 11.8 Å². The first-order valence-electron chi connectivity index (χ1n) is 6.12. The van der Waals surface area contributed by atoms with Crippen LogP contribution in [0.4, 0.5) is 0 Å². The molecule has 2 unspecified atom stereocenters. The first kappa shape index (κ1) is 10.9. The zero-order valence-electron chi connectivity index (χ0n) is 9.88. The van der Waals surface area contributed by atoms with Gasteiger partial charge in [-0.3, -0.25) is 4.79 Å². The lowest BCUT2D eigenvalue weighted by atomic mass is 9.81. The number of hydrogen-bond acceptors (Lipinski definition) is 2. The van der Waals surface area contributed by atoms with E-state index in [1.165, 1.54) is 6.42 Å². The zero-order chi connectivity index (χ0) is 10.9. The average Bonchev–Trinajstić information content (AvgIpc) is 2.65. The molecule has 1 N–H and O–H groups in total. The minimum atomic E-state index is -0.137. The second-order valence-electron chi connectivity index (χ2n) is 5.49. The summed E-state index contributed by atoms with van der Waals surface area (Å²) in [4.78, 5) is 14.4. The summed E-state index contributed by atoms with van der Waals surface area (Å²) in [5.74, 6) is 1.06. The number of carbonyl (C=O) groups is 1. The first-order valence-corrected chi connectivity index (χ1v) is 6.12. The quantitative estimate of drug-likeness (QED) is 0.706. The summed E-state index contributed by atoms with van der Waals surface area (Å²) in [6.45, 7) is 8.21. The number of likely N-dealkylation sites (tertiary alicyclic amines) is 1. The van der Waals surface area contributed by atoms with E-state index in [1.807, 2.05) is 0 Å². The molecular weight excluding hydrogens is 188 g/mol. The van der Waals surface area contributed by atoms with E-state index in [4.69, 9.17) is 0 Å².